The lowest BCUT2D eigenvalue weighted by Gasteiger charge is -1.98. The van der Waals surface area contributed by atoms with Gasteiger partial charge in [0.2, 0.25) is 0 Å². The fraction of sp³-hybridized carbons (Fsp3) is 0. The van der Waals surface area contributed by atoms with Gasteiger partial charge in [-0.05, 0) is 22.0 Å². The number of nitrogens with zero attached hydrogens (tertiary/aromatic N) is 1. The summed E-state index contributed by atoms with van der Waals surface area (Å²) in [5.74, 6) is 0. The largest absolute Gasteiger partial charge is 0.286 e. The van der Waals surface area contributed by atoms with Crippen molar-refractivity contribution in [3.8, 4) is 0 Å². The number of nitro benzene ring substituents is 1. The standard InChI is InChI=1S/C6H2BrCl2NO2/c7-6-4(9)1-3(8)2-5(6)10(11)12/h1-2H. The van der Waals surface area contributed by atoms with Crippen LogP contribution >= 0.6 is 39.1 Å². The summed E-state index contributed by atoms with van der Waals surface area (Å²) in [5.41, 5.74) is -0.132. The molecule has 0 aliphatic rings. The Balaban J connectivity index is 3.37. The summed E-state index contributed by atoms with van der Waals surface area (Å²) >= 11 is 14.2. The quantitative estimate of drug-likeness (QED) is 0.444. The summed E-state index contributed by atoms with van der Waals surface area (Å²) < 4.78 is 0.249. The average Bonchev–Trinajstić information content (AvgIpc) is 1.96. The predicted molar refractivity (Wildman–Crippen MR) is 50.8 cm³/mol. The minimum absolute atomic E-state index is 0.132. The Morgan fingerprint density at radius 2 is 2.00 bits per heavy atom. The Hall–Kier alpha value is -0.320. The second-order valence-electron chi connectivity index (χ2n) is 1.98. The maximum Gasteiger partial charge on any atom is 0.286 e. The molecule has 6 heteroatoms. The molecule has 0 aromatic heterocycles. The minimum atomic E-state index is -0.554. The van der Waals surface area contributed by atoms with Gasteiger partial charge < -0.3 is 0 Å². The van der Waals surface area contributed by atoms with Gasteiger partial charge in [0, 0.05) is 11.1 Å². The molecule has 0 bridgehead atoms. The van der Waals surface area contributed by atoms with Gasteiger partial charge in [-0.1, -0.05) is 23.2 Å². The van der Waals surface area contributed by atoms with E-state index in [-0.39, 0.29) is 20.2 Å². The lowest BCUT2D eigenvalue weighted by molar-refractivity contribution is -0.385. The molecule has 3 nitrogen and oxygen atoms in total. The van der Waals surface area contributed by atoms with Crippen molar-refractivity contribution in [3.05, 3.63) is 36.8 Å². The zero-order valence-electron chi connectivity index (χ0n) is 5.55. The topological polar surface area (TPSA) is 43.1 Å². The Kier molecular flexibility index (Phi) is 2.93. The zero-order chi connectivity index (χ0) is 9.30. The first-order chi connectivity index (χ1) is 5.52. The molecule has 1 rings (SSSR count). The first kappa shape index (κ1) is 9.77. The van der Waals surface area contributed by atoms with E-state index in [4.69, 9.17) is 23.2 Å². The zero-order valence-corrected chi connectivity index (χ0v) is 8.65. The van der Waals surface area contributed by atoms with E-state index in [1.54, 1.807) is 0 Å². The van der Waals surface area contributed by atoms with Crippen molar-refractivity contribution in [2.24, 2.45) is 0 Å². The smallest absolute Gasteiger partial charge is 0.258 e. The molecule has 12 heavy (non-hydrogen) atoms. The van der Waals surface area contributed by atoms with Crippen LogP contribution in [-0.4, -0.2) is 4.92 Å². The summed E-state index contributed by atoms with van der Waals surface area (Å²) in [6, 6.07) is 2.66. The molecule has 1 aromatic rings. The van der Waals surface area contributed by atoms with Crippen LogP contribution in [0.25, 0.3) is 0 Å². The van der Waals surface area contributed by atoms with Crippen LogP contribution in [0.15, 0.2) is 16.6 Å². The summed E-state index contributed by atoms with van der Waals surface area (Å²) in [7, 11) is 0. The van der Waals surface area contributed by atoms with Gasteiger partial charge in [-0.2, -0.15) is 0 Å². The van der Waals surface area contributed by atoms with Crippen molar-refractivity contribution in [1.29, 1.82) is 0 Å². The molecular formula is C6H2BrCl2NO2. The molecule has 0 spiro atoms. The van der Waals surface area contributed by atoms with Gasteiger partial charge in [0.1, 0.15) is 4.47 Å². The highest BCUT2D eigenvalue weighted by Gasteiger charge is 2.15. The molecule has 0 aliphatic carbocycles. The maximum atomic E-state index is 10.4. The van der Waals surface area contributed by atoms with Gasteiger partial charge in [-0.3, -0.25) is 10.1 Å². The summed E-state index contributed by atoms with van der Waals surface area (Å²) in [5, 5.41) is 10.9. The molecule has 0 atom stereocenters. The molecular weight excluding hydrogens is 269 g/mol. The highest BCUT2D eigenvalue weighted by molar-refractivity contribution is 9.10. The number of hydrogen-bond donors (Lipinski definition) is 0. The van der Waals surface area contributed by atoms with Gasteiger partial charge in [-0.25, -0.2) is 0 Å². The van der Waals surface area contributed by atoms with Crippen LogP contribution in [0.2, 0.25) is 10.0 Å². The molecule has 0 unspecified atom stereocenters. The van der Waals surface area contributed by atoms with E-state index in [0.717, 1.165) is 0 Å². The predicted octanol–water partition coefficient (Wildman–Crippen LogP) is 3.66. The van der Waals surface area contributed by atoms with Crippen molar-refractivity contribution >= 4 is 44.8 Å². The molecule has 1 aromatic carbocycles. The monoisotopic (exact) mass is 269 g/mol. The van der Waals surface area contributed by atoms with E-state index in [1.807, 2.05) is 0 Å². The van der Waals surface area contributed by atoms with Crippen LogP contribution in [-0.2, 0) is 0 Å². The van der Waals surface area contributed by atoms with Crippen LogP contribution in [0.1, 0.15) is 0 Å². The van der Waals surface area contributed by atoms with Gasteiger partial charge in [-0.15, -0.1) is 0 Å². The van der Waals surface area contributed by atoms with Crippen LogP contribution in [0.4, 0.5) is 5.69 Å². The third-order valence-corrected chi connectivity index (χ3v) is 2.75. The molecule has 0 saturated heterocycles. The number of benzene rings is 1. The van der Waals surface area contributed by atoms with E-state index in [2.05, 4.69) is 15.9 Å². The van der Waals surface area contributed by atoms with Crippen LogP contribution in [0, 0.1) is 10.1 Å². The summed E-state index contributed by atoms with van der Waals surface area (Å²) in [6.07, 6.45) is 0. The van der Waals surface area contributed by atoms with E-state index >= 15 is 0 Å². The Morgan fingerprint density at radius 1 is 1.42 bits per heavy atom. The normalized spacial score (nSPS) is 9.92. The van der Waals surface area contributed by atoms with Crippen LogP contribution in [0.5, 0.6) is 0 Å². The SMILES string of the molecule is O=[N+]([O-])c1cc(Cl)cc(Cl)c1Br. The van der Waals surface area contributed by atoms with Crippen molar-refractivity contribution in [1.82, 2.24) is 0 Å². The van der Waals surface area contributed by atoms with Crippen LogP contribution in [0.3, 0.4) is 0 Å². The highest BCUT2D eigenvalue weighted by Crippen LogP contribution is 2.34. The lowest BCUT2D eigenvalue weighted by atomic mass is 10.3. The first-order valence-corrected chi connectivity index (χ1v) is 4.36. The third-order valence-electron chi connectivity index (χ3n) is 1.17. The van der Waals surface area contributed by atoms with Crippen molar-refractivity contribution in [3.63, 3.8) is 0 Å². The van der Waals surface area contributed by atoms with E-state index in [0.29, 0.717) is 0 Å². The fourth-order valence-electron chi connectivity index (χ4n) is 0.675. The van der Waals surface area contributed by atoms with Crippen molar-refractivity contribution in [2.75, 3.05) is 0 Å². The molecule has 0 N–H and O–H groups in total. The van der Waals surface area contributed by atoms with E-state index in [1.165, 1.54) is 12.1 Å². The van der Waals surface area contributed by atoms with Gasteiger partial charge in [0.05, 0.1) is 9.95 Å². The minimum Gasteiger partial charge on any atom is -0.258 e. The van der Waals surface area contributed by atoms with Gasteiger partial charge >= 0.3 is 0 Å². The molecule has 0 radical (unpaired) electrons. The Labute approximate surface area is 86.6 Å². The Morgan fingerprint density at radius 3 is 2.50 bits per heavy atom. The number of halogens is 3. The highest BCUT2D eigenvalue weighted by atomic mass is 79.9. The number of rotatable bonds is 1. The van der Waals surface area contributed by atoms with Crippen molar-refractivity contribution < 1.29 is 4.92 Å². The third kappa shape index (κ3) is 1.88. The number of hydrogen-bond acceptors (Lipinski definition) is 2. The first-order valence-electron chi connectivity index (χ1n) is 2.81. The van der Waals surface area contributed by atoms with E-state index in [9.17, 15) is 10.1 Å². The molecule has 0 amide bonds. The maximum absolute atomic E-state index is 10.4. The summed E-state index contributed by atoms with van der Waals surface area (Å²) in [6.45, 7) is 0. The fourth-order valence-corrected chi connectivity index (χ4v) is 1.53. The second kappa shape index (κ2) is 3.60. The van der Waals surface area contributed by atoms with E-state index < -0.39 is 4.92 Å². The molecule has 0 heterocycles. The lowest BCUT2D eigenvalue weighted by Crippen LogP contribution is -1.89. The summed E-state index contributed by atoms with van der Waals surface area (Å²) in [4.78, 5) is 9.83. The van der Waals surface area contributed by atoms with Crippen molar-refractivity contribution in [2.45, 2.75) is 0 Å². The molecule has 0 aliphatic heterocycles. The number of nitro groups is 1. The van der Waals surface area contributed by atoms with Gasteiger partial charge in [0.15, 0.2) is 0 Å². The van der Waals surface area contributed by atoms with Gasteiger partial charge in [0.25, 0.3) is 5.69 Å². The Bertz CT molecular complexity index is 343. The molecule has 0 saturated carbocycles. The van der Waals surface area contributed by atoms with Crippen LogP contribution < -0.4 is 0 Å². The average molecular weight is 271 g/mol. The molecule has 0 fully saturated rings. The molecule has 64 valence electrons. The second-order valence-corrected chi connectivity index (χ2v) is 3.61.